The summed E-state index contributed by atoms with van der Waals surface area (Å²) in [6.45, 7) is 2.55. The van der Waals surface area contributed by atoms with Gasteiger partial charge in [-0.2, -0.15) is 0 Å². The van der Waals surface area contributed by atoms with Crippen molar-refractivity contribution in [2.24, 2.45) is 4.99 Å². The maximum atomic E-state index is 13.7. The number of carbonyl (C=O) groups excluding carboxylic acids is 1. The third kappa shape index (κ3) is 6.32. The molecule has 0 unspecified atom stereocenters. The summed E-state index contributed by atoms with van der Waals surface area (Å²) < 4.78 is 8.15. The van der Waals surface area contributed by atoms with Gasteiger partial charge in [0.15, 0.2) is 5.17 Å². The number of halogens is 2. The maximum absolute atomic E-state index is 13.7. The number of hydrogen-bond acceptors (Lipinski definition) is 4. The van der Waals surface area contributed by atoms with Crippen molar-refractivity contribution in [3.8, 4) is 5.75 Å². The first-order chi connectivity index (χ1) is 18.5. The topological polar surface area (TPSA) is 41.9 Å². The summed E-state index contributed by atoms with van der Waals surface area (Å²) in [6.07, 6.45) is 1.95. The molecule has 1 aliphatic rings. The van der Waals surface area contributed by atoms with Crippen LogP contribution in [-0.4, -0.2) is 16.0 Å². The molecule has 0 saturated carbocycles. The van der Waals surface area contributed by atoms with Gasteiger partial charge in [-0.1, -0.05) is 78.9 Å². The summed E-state index contributed by atoms with van der Waals surface area (Å²) >= 11 is 6.02. The number of hydrogen-bond donors (Lipinski definition) is 0. The fourth-order valence-corrected chi connectivity index (χ4v) is 7.28. The molecule has 0 radical (unpaired) electrons. The molecule has 1 amide bonds. The van der Waals surface area contributed by atoms with E-state index < -0.39 is 0 Å². The summed E-state index contributed by atoms with van der Waals surface area (Å²) in [5.74, 6) is 0.809. The highest BCUT2D eigenvalue weighted by atomic mass is 127. The number of nitrogens with zero attached hydrogens (tertiary/aromatic N) is 2. The smallest absolute Gasteiger partial charge is 0.267 e. The van der Waals surface area contributed by atoms with Gasteiger partial charge in [-0.05, 0) is 111 Å². The van der Waals surface area contributed by atoms with E-state index in [1.165, 1.54) is 11.8 Å². The lowest BCUT2D eigenvalue weighted by Crippen LogP contribution is -2.32. The maximum Gasteiger partial charge on any atom is 0.267 e. The van der Waals surface area contributed by atoms with Crippen LogP contribution in [0.15, 0.2) is 113 Å². The van der Waals surface area contributed by atoms with Crippen molar-refractivity contribution in [3.05, 3.63) is 132 Å². The summed E-state index contributed by atoms with van der Waals surface area (Å²) in [4.78, 5) is 21.0. The molecule has 0 aliphatic carbocycles. The highest BCUT2D eigenvalue weighted by Crippen LogP contribution is 2.40. The van der Waals surface area contributed by atoms with Crippen molar-refractivity contribution >= 4 is 79.8 Å². The molecule has 0 spiro atoms. The standard InChI is InChI=1S/C31H24I2N2O2S/c1-21(24-13-7-3-8-14-24)35-30(36)28(38-31(35)34-25-15-9-4-10-16-25)19-23-17-26(32)29(27(33)18-23)37-20-22-11-5-2-6-12-22/h2-19,21H,20H2,1H3/b28-19+,34-31?/t21-/m1/s1. The van der Waals surface area contributed by atoms with Crippen LogP contribution in [0.2, 0.25) is 0 Å². The summed E-state index contributed by atoms with van der Waals surface area (Å²) in [6, 6.07) is 33.9. The number of aliphatic imine (C=N–C) groups is 1. The molecule has 1 saturated heterocycles. The number of amides is 1. The van der Waals surface area contributed by atoms with Crippen molar-refractivity contribution in [2.75, 3.05) is 0 Å². The van der Waals surface area contributed by atoms with E-state index >= 15 is 0 Å². The Balaban J connectivity index is 1.45. The Bertz CT molecular complexity index is 1470. The third-order valence-electron chi connectivity index (χ3n) is 6.03. The van der Waals surface area contributed by atoms with E-state index in [1.54, 1.807) is 4.90 Å². The van der Waals surface area contributed by atoms with Crippen molar-refractivity contribution in [1.82, 2.24) is 4.90 Å². The minimum absolute atomic E-state index is 0.0459. The Morgan fingerprint density at radius 1 is 0.895 bits per heavy atom. The van der Waals surface area contributed by atoms with Gasteiger partial charge in [0.2, 0.25) is 0 Å². The van der Waals surface area contributed by atoms with Crippen LogP contribution in [0.5, 0.6) is 5.75 Å². The van der Waals surface area contributed by atoms with Gasteiger partial charge in [-0.15, -0.1) is 0 Å². The second-order valence-corrected chi connectivity index (χ2v) is 12.0. The van der Waals surface area contributed by atoms with Crippen LogP contribution in [-0.2, 0) is 11.4 Å². The number of ether oxygens (including phenoxy) is 1. The molecule has 0 bridgehead atoms. The van der Waals surface area contributed by atoms with Gasteiger partial charge in [0.1, 0.15) is 12.4 Å². The SMILES string of the molecule is C[C@H](c1ccccc1)N1C(=O)/C(=C\c2cc(I)c(OCc3ccccc3)c(I)c2)SC1=Nc1ccccc1. The Hall–Kier alpha value is -2.63. The molecule has 190 valence electrons. The van der Waals surface area contributed by atoms with Gasteiger partial charge < -0.3 is 4.74 Å². The lowest BCUT2D eigenvalue weighted by molar-refractivity contribution is -0.123. The molecular weight excluding hydrogens is 718 g/mol. The first kappa shape index (κ1) is 27.0. The van der Waals surface area contributed by atoms with Gasteiger partial charge >= 0.3 is 0 Å². The third-order valence-corrected chi connectivity index (χ3v) is 8.62. The molecule has 1 fully saturated rings. The summed E-state index contributed by atoms with van der Waals surface area (Å²) in [5.41, 5.74) is 3.96. The fourth-order valence-electron chi connectivity index (χ4n) is 4.08. The molecule has 5 rings (SSSR count). The molecule has 7 heteroatoms. The second-order valence-electron chi connectivity index (χ2n) is 8.69. The Morgan fingerprint density at radius 2 is 1.47 bits per heavy atom. The van der Waals surface area contributed by atoms with Gasteiger partial charge in [0.05, 0.1) is 23.8 Å². The molecule has 4 aromatic carbocycles. The van der Waals surface area contributed by atoms with Gasteiger partial charge in [0.25, 0.3) is 5.91 Å². The molecule has 1 aliphatic heterocycles. The zero-order valence-electron chi connectivity index (χ0n) is 20.6. The number of benzene rings is 4. The van der Waals surface area contributed by atoms with Gasteiger partial charge in [-0.25, -0.2) is 4.99 Å². The minimum Gasteiger partial charge on any atom is -0.487 e. The van der Waals surface area contributed by atoms with Gasteiger partial charge in [-0.3, -0.25) is 9.69 Å². The Labute approximate surface area is 254 Å². The van der Waals surface area contributed by atoms with Crippen molar-refractivity contribution in [1.29, 1.82) is 0 Å². The highest BCUT2D eigenvalue weighted by Gasteiger charge is 2.37. The van der Waals surface area contributed by atoms with E-state index in [2.05, 4.69) is 69.4 Å². The highest BCUT2D eigenvalue weighted by molar-refractivity contribution is 14.1. The van der Waals surface area contributed by atoms with E-state index in [9.17, 15) is 4.79 Å². The first-order valence-corrected chi connectivity index (χ1v) is 15.0. The van der Waals surface area contributed by atoms with E-state index in [1.807, 2.05) is 91.9 Å². The zero-order valence-corrected chi connectivity index (χ0v) is 25.7. The van der Waals surface area contributed by atoms with E-state index in [4.69, 9.17) is 9.73 Å². The van der Waals surface area contributed by atoms with Crippen LogP contribution in [0.25, 0.3) is 6.08 Å². The van der Waals surface area contributed by atoms with Crippen LogP contribution in [0, 0.1) is 7.14 Å². The summed E-state index contributed by atoms with van der Waals surface area (Å²) in [5, 5.41) is 0.677. The zero-order chi connectivity index (χ0) is 26.5. The number of rotatable bonds is 7. The number of amidine groups is 1. The molecule has 1 heterocycles. The molecule has 1 atom stereocenters. The van der Waals surface area contributed by atoms with Crippen LogP contribution in [0.4, 0.5) is 5.69 Å². The number of carbonyl (C=O) groups is 1. The minimum atomic E-state index is -0.154. The average Bonchev–Trinajstić information content (AvgIpc) is 3.23. The van der Waals surface area contributed by atoms with Gasteiger partial charge in [0, 0.05) is 0 Å². The molecule has 38 heavy (non-hydrogen) atoms. The second kappa shape index (κ2) is 12.5. The molecule has 4 aromatic rings. The summed E-state index contributed by atoms with van der Waals surface area (Å²) in [7, 11) is 0. The van der Waals surface area contributed by atoms with Crippen molar-refractivity contribution in [2.45, 2.75) is 19.6 Å². The predicted molar refractivity (Wildman–Crippen MR) is 173 cm³/mol. The van der Waals surface area contributed by atoms with Crippen molar-refractivity contribution < 1.29 is 9.53 Å². The van der Waals surface area contributed by atoms with Crippen LogP contribution >= 0.6 is 56.9 Å². The van der Waals surface area contributed by atoms with E-state index in [0.717, 1.165) is 35.3 Å². The van der Waals surface area contributed by atoms with E-state index in [0.29, 0.717) is 16.7 Å². The first-order valence-electron chi connectivity index (χ1n) is 12.1. The van der Waals surface area contributed by atoms with Crippen molar-refractivity contribution in [3.63, 3.8) is 0 Å². The lowest BCUT2D eigenvalue weighted by atomic mass is 10.1. The quantitative estimate of drug-likeness (QED) is 0.141. The molecule has 4 nitrogen and oxygen atoms in total. The number of thioether (sulfide) groups is 1. The van der Waals surface area contributed by atoms with E-state index in [-0.39, 0.29) is 11.9 Å². The Morgan fingerprint density at radius 3 is 2.11 bits per heavy atom. The lowest BCUT2D eigenvalue weighted by Gasteiger charge is -2.24. The fraction of sp³-hybridized carbons (Fsp3) is 0.0968. The normalized spacial score (nSPS) is 16.3. The largest absolute Gasteiger partial charge is 0.487 e. The Kier molecular flexibility index (Phi) is 8.86. The van der Waals surface area contributed by atoms with Crippen LogP contribution in [0.3, 0.4) is 0 Å². The molecule has 0 N–H and O–H groups in total. The average molecular weight is 742 g/mol. The van der Waals surface area contributed by atoms with Crippen LogP contribution in [0.1, 0.15) is 29.7 Å². The van der Waals surface area contributed by atoms with Crippen LogP contribution < -0.4 is 4.74 Å². The predicted octanol–water partition coefficient (Wildman–Crippen LogP) is 8.84. The molecular formula is C31H24I2N2O2S. The number of para-hydroxylation sites is 1. The monoisotopic (exact) mass is 742 g/mol. The molecule has 0 aromatic heterocycles.